The Morgan fingerprint density at radius 3 is 2.55 bits per heavy atom. The van der Waals surface area contributed by atoms with Gasteiger partial charge in [-0.2, -0.15) is 0 Å². The van der Waals surface area contributed by atoms with Crippen LogP contribution >= 0.6 is 11.6 Å². The minimum Gasteiger partial charge on any atom is -0.383 e. The number of hydrogen-bond donors (Lipinski definition) is 2. The van der Waals surface area contributed by atoms with Crippen molar-refractivity contribution in [2.24, 2.45) is 5.41 Å². The molecule has 1 fully saturated rings. The molecule has 4 rings (SSSR count). The van der Waals surface area contributed by atoms with Gasteiger partial charge in [0.1, 0.15) is 18.0 Å². The summed E-state index contributed by atoms with van der Waals surface area (Å²) in [6.45, 7) is 5.58. The monoisotopic (exact) mass is 473 g/mol. The van der Waals surface area contributed by atoms with Crippen LogP contribution in [0, 0.1) is 11.2 Å². The third-order valence-electron chi connectivity index (χ3n) is 6.06. The number of benzene rings is 2. The third kappa shape index (κ3) is 4.32. The Hall–Kier alpha value is -2.97. The van der Waals surface area contributed by atoms with Crippen LogP contribution in [0.3, 0.4) is 0 Å². The highest BCUT2D eigenvalue weighted by molar-refractivity contribution is 6.30. The lowest BCUT2D eigenvalue weighted by Gasteiger charge is -2.41. The summed E-state index contributed by atoms with van der Waals surface area (Å²) in [7, 11) is 0. The molecule has 33 heavy (non-hydrogen) atoms. The first kappa shape index (κ1) is 23.2. The quantitative estimate of drug-likeness (QED) is 0.701. The molecule has 0 aromatic heterocycles. The molecule has 0 bridgehead atoms. The number of aliphatic hydroxyl groups excluding tert-OH is 1. The van der Waals surface area contributed by atoms with E-state index in [-0.39, 0.29) is 41.7 Å². The van der Waals surface area contributed by atoms with Crippen LogP contribution in [-0.2, 0) is 9.59 Å². The van der Waals surface area contributed by atoms with E-state index in [1.807, 2.05) is 0 Å². The first-order valence-corrected chi connectivity index (χ1v) is 11.0. The molecule has 9 heteroatoms. The van der Waals surface area contributed by atoms with Gasteiger partial charge in [0.25, 0.3) is 11.8 Å². The number of aliphatic hydroxyl groups is 1. The highest BCUT2D eigenvalue weighted by atomic mass is 35.5. The fourth-order valence-electron chi connectivity index (χ4n) is 4.09. The molecule has 2 aromatic carbocycles. The van der Waals surface area contributed by atoms with Gasteiger partial charge in [0, 0.05) is 23.7 Å². The molecule has 2 N–H and O–H groups in total. The molecule has 2 aliphatic heterocycles. The van der Waals surface area contributed by atoms with Crippen LogP contribution in [0.4, 0.5) is 10.1 Å². The lowest BCUT2D eigenvalue weighted by atomic mass is 9.88. The lowest BCUT2D eigenvalue weighted by Crippen LogP contribution is -2.61. The number of anilines is 1. The van der Waals surface area contributed by atoms with Gasteiger partial charge in [0.05, 0.1) is 17.8 Å². The number of rotatable bonds is 2. The summed E-state index contributed by atoms with van der Waals surface area (Å²) in [5.41, 5.74) is 0.677. The van der Waals surface area contributed by atoms with Crippen LogP contribution in [-0.4, -0.2) is 64.4 Å². The molecule has 174 valence electrons. The number of halogens is 2. The number of piperazine rings is 1. The van der Waals surface area contributed by atoms with E-state index in [1.165, 1.54) is 21.9 Å². The molecule has 2 aliphatic rings. The van der Waals surface area contributed by atoms with Crippen molar-refractivity contribution >= 4 is 35.0 Å². The van der Waals surface area contributed by atoms with Gasteiger partial charge >= 0.3 is 0 Å². The molecule has 2 heterocycles. The van der Waals surface area contributed by atoms with E-state index in [9.17, 15) is 23.9 Å². The SMILES string of the molecule is CC(C)(C)C(O)C(=O)N1CCN2C(=O)c3cc(-c4ccc(Cl)cc4F)ccc3NC(=O)C2C1. The fourth-order valence-corrected chi connectivity index (χ4v) is 4.24. The minimum absolute atomic E-state index is 0.0177. The fraction of sp³-hybridized carbons (Fsp3) is 0.375. The van der Waals surface area contributed by atoms with Gasteiger partial charge in [-0.1, -0.05) is 38.4 Å². The second-order valence-corrected chi connectivity index (χ2v) is 9.88. The third-order valence-corrected chi connectivity index (χ3v) is 6.29. The molecule has 2 atom stereocenters. The van der Waals surface area contributed by atoms with Crippen molar-refractivity contribution in [1.29, 1.82) is 0 Å². The van der Waals surface area contributed by atoms with Crippen molar-refractivity contribution in [2.45, 2.75) is 32.9 Å². The lowest BCUT2D eigenvalue weighted by molar-refractivity contribution is -0.149. The standard InChI is InChI=1S/C24H25ClFN3O4/c1-24(2,3)20(30)23(33)28-8-9-29-19(12-28)21(31)27-18-7-4-13(10-16(18)22(29)32)15-6-5-14(25)11-17(15)26/h4-7,10-11,19-20,30H,8-9,12H2,1-3H3,(H,27,31). The van der Waals surface area contributed by atoms with Crippen LogP contribution in [0.5, 0.6) is 0 Å². The highest BCUT2D eigenvalue weighted by Crippen LogP contribution is 2.32. The summed E-state index contributed by atoms with van der Waals surface area (Å²) in [6.07, 6.45) is -1.22. The number of amides is 3. The molecular formula is C24H25ClFN3O4. The van der Waals surface area contributed by atoms with E-state index in [0.29, 0.717) is 11.3 Å². The topological polar surface area (TPSA) is 89.9 Å². The van der Waals surface area contributed by atoms with Crippen molar-refractivity contribution in [3.8, 4) is 11.1 Å². The predicted molar refractivity (Wildman–Crippen MR) is 122 cm³/mol. The Bertz CT molecular complexity index is 1150. The van der Waals surface area contributed by atoms with E-state index < -0.39 is 35.2 Å². The number of hydrogen-bond acceptors (Lipinski definition) is 4. The molecule has 0 aliphatic carbocycles. The van der Waals surface area contributed by atoms with Gasteiger partial charge in [-0.15, -0.1) is 0 Å². The van der Waals surface area contributed by atoms with E-state index in [4.69, 9.17) is 11.6 Å². The van der Waals surface area contributed by atoms with Crippen LogP contribution in [0.2, 0.25) is 5.02 Å². The predicted octanol–water partition coefficient (Wildman–Crippen LogP) is 3.16. The zero-order chi connectivity index (χ0) is 24.1. The Balaban J connectivity index is 1.63. The van der Waals surface area contributed by atoms with Crippen molar-refractivity contribution in [3.05, 3.63) is 52.8 Å². The maximum atomic E-state index is 14.4. The van der Waals surface area contributed by atoms with Crippen molar-refractivity contribution in [2.75, 3.05) is 25.0 Å². The Kier molecular flexibility index (Phi) is 5.92. The van der Waals surface area contributed by atoms with Crippen LogP contribution in [0.25, 0.3) is 11.1 Å². The van der Waals surface area contributed by atoms with Gasteiger partial charge in [0.15, 0.2) is 0 Å². The van der Waals surface area contributed by atoms with Crippen LogP contribution < -0.4 is 5.32 Å². The molecule has 0 radical (unpaired) electrons. The molecule has 2 aromatic rings. The summed E-state index contributed by atoms with van der Waals surface area (Å²) in [4.78, 5) is 41.9. The van der Waals surface area contributed by atoms with Gasteiger partial charge in [-0.25, -0.2) is 4.39 Å². The maximum absolute atomic E-state index is 14.4. The normalized spacial score (nSPS) is 19.4. The molecule has 7 nitrogen and oxygen atoms in total. The number of carbonyl (C=O) groups is 3. The molecule has 2 unspecified atom stereocenters. The van der Waals surface area contributed by atoms with E-state index in [1.54, 1.807) is 45.0 Å². The summed E-state index contributed by atoms with van der Waals surface area (Å²) in [5.74, 6) is -1.79. The average Bonchev–Trinajstić information content (AvgIpc) is 2.86. The number of nitrogens with zero attached hydrogens (tertiary/aromatic N) is 2. The van der Waals surface area contributed by atoms with Gasteiger partial charge in [-0.3, -0.25) is 14.4 Å². The van der Waals surface area contributed by atoms with E-state index in [2.05, 4.69) is 5.32 Å². The maximum Gasteiger partial charge on any atom is 0.256 e. The zero-order valence-corrected chi connectivity index (χ0v) is 19.3. The summed E-state index contributed by atoms with van der Waals surface area (Å²) in [6, 6.07) is 8.14. The molecule has 3 amide bonds. The first-order valence-electron chi connectivity index (χ1n) is 10.7. The highest BCUT2D eigenvalue weighted by Gasteiger charge is 2.42. The Morgan fingerprint density at radius 1 is 1.15 bits per heavy atom. The smallest absolute Gasteiger partial charge is 0.256 e. The molecule has 1 saturated heterocycles. The number of carbonyl (C=O) groups excluding carboxylic acids is 3. The van der Waals surface area contributed by atoms with Crippen molar-refractivity contribution < 1.29 is 23.9 Å². The summed E-state index contributed by atoms with van der Waals surface area (Å²) < 4.78 is 14.4. The molecular weight excluding hydrogens is 449 g/mol. The number of nitrogens with one attached hydrogen (secondary N) is 1. The zero-order valence-electron chi connectivity index (χ0n) is 18.6. The van der Waals surface area contributed by atoms with Crippen LogP contribution in [0.1, 0.15) is 31.1 Å². The first-order chi connectivity index (χ1) is 15.5. The largest absolute Gasteiger partial charge is 0.383 e. The van der Waals surface area contributed by atoms with Crippen LogP contribution in [0.15, 0.2) is 36.4 Å². The summed E-state index contributed by atoms with van der Waals surface area (Å²) >= 11 is 5.84. The second-order valence-electron chi connectivity index (χ2n) is 9.44. The average molecular weight is 474 g/mol. The van der Waals surface area contributed by atoms with Gasteiger partial charge in [-0.05, 0) is 41.3 Å². The van der Waals surface area contributed by atoms with Gasteiger partial charge in [0.2, 0.25) is 5.91 Å². The molecule has 0 saturated carbocycles. The van der Waals surface area contributed by atoms with Crippen molar-refractivity contribution in [3.63, 3.8) is 0 Å². The minimum atomic E-state index is -1.22. The Labute approximate surface area is 196 Å². The van der Waals surface area contributed by atoms with Crippen molar-refractivity contribution in [1.82, 2.24) is 9.80 Å². The second kappa shape index (κ2) is 8.43. The van der Waals surface area contributed by atoms with E-state index >= 15 is 0 Å². The summed E-state index contributed by atoms with van der Waals surface area (Å²) in [5, 5.41) is 13.4. The molecule has 0 spiro atoms. The Morgan fingerprint density at radius 2 is 1.88 bits per heavy atom. The van der Waals surface area contributed by atoms with Gasteiger partial charge < -0.3 is 20.2 Å². The number of fused-ring (bicyclic) bond motifs is 2. The van der Waals surface area contributed by atoms with E-state index in [0.717, 1.165) is 0 Å².